The molecule has 12 heteroatoms. The summed E-state index contributed by atoms with van der Waals surface area (Å²) < 4.78 is 40.6. The largest absolute Gasteiger partial charge is 0.490 e. The summed E-state index contributed by atoms with van der Waals surface area (Å²) in [6.45, 7) is 6.07. The van der Waals surface area contributed by atoms with E-state index in [0.29, 0.717) is 18.0 Å². The first kappa shape index (κ1) is 35.6. The molecule has 4 rings (SSSR count). The van der Waals surface area contributed by atoms with Crippen LogP contribution in [0.1, 0.15) is 56.0 Å². The molecule has 2 aromatic carbocycles. The average molecular weight is 672 g/mol. The van der Waals surface area contributed by atoms with Gasteiger partial charge >= 0.3 is 0 Å². The highest BCUT2D eigenvalue weighted by atomic mass is 32.2. The molecule has 3 aromatic rings. The average Bonchev–Trinajstić information content (AvgIpc) is 3.59. The van der Waals surface area contributed by atoms with E-state index < -0.39 is 22.2 Å². The monoisotopic (exact) mass is 671 g/mol. The van der Waals surface area contributed by atoms with Gasteiger partial charge in [0.25, 0.3) is 15.9 Å². The molecule has 0 bridgehead atoms. The number of anilines is 1. The first-order chi connectivity index (χ1) is 22.0. The number of ether oxygens (including phenoxy) is 2. The second kappa shape index (κ2) is 16.5. The van der Waals surface area contributed by atoms with Gasteiger partial charge in [0.05, 0.1) is 36.8 Å². The molecular formula is C34H45N3O7S2. The molecule has 250 valence electrons. The van der Waals surface area contributed by atoms with E-state index in [1.165, 1.54) is 4.31 Å². The van der Waals surface area contributed by atoms with Gasteiger partial charge in [-0.25, -0.2) is 8.42 Å². The molecule has 46 heavy (non-hydrogen) atoms. The van der Waals surface area contributed by atoms with Gasteiger partial charge in [0, 0.05) is 38.3 Å². The first-order valence-electron chi connectivity index (χ1n) is 15.7. The van der Waals surface area contributed by atoms with Crippen molar-refractivity contribution >= 4 is 38.9 Å². The number of nitrogens with zero attached hydrogens (tertiary/aromatic N) is 2. The van der Waals surface area contributed by atoms with Crippen LogP contribution in [0.4, 0.5) is 5.69 Å². The van der Waals surface area contributed by atoms with Crippen LogP contribution in [-0.2, 0) is 26.0 Å². The van der Waals surface area contributed by atoms with Crippen LogP contribution in [0.2, 0.25) is 0 Å². The van der Waals surface area contributed by atoms with E-state index in [-0.39, 0.29) is 59.7 Å². The Morgan fingerprint density at radius 2 is 1.89 bits per heavy atom. The Kier molecular flexibility index (Phi) is 12.8. The number of fused-ring (bicyclic) bond motifs is 1. The van der Waals surface area contributed by atoms with Crippen LogP contribution in [0.5, 0.6) is 5.75 Å². The number of hydrogen-bond acceptors (Lipinski definition) is 8. The topological polar surface area (TPSA) is 125 Å². The number of thiophene rings is 1. The van der Waals surface area contributed by atoms with Crippen molar-refractivity contribution in [2.45, 2.75) is 68.9 Å². The molecule has 0 fully saturated rings. The SMILES string of the molecule is C[C@@H]1CCCCO[C@H](CN(C)S(=O)(=O)c2cccs2)[C@H](C)CN([C@H](C)CO)C(=O)c2cc(NC(=O)Cc3ccccc3)ccc2O1. The van der Waals surface area contributed by atoms with Gasteiger partial charge < -0.3 is 24.8 Å². The maximum Gasteiger partial charge on any atom is 0.258 e. The normalized spacial score (nSPS) is 20.8. The Balaban J connectivity index is 1.62. The molecule has 0 aliphatic carbocycles. The molecule has 4 atom stereocenters. The summed E-state index contributed by atoms with van der Waals surface area (Å²) in [6.07, 6.45) is 1.76. The Labute approximate surface area is 276 Å². The standard InChI is InChI=1S/C34H45N3O7S2/c1-24-21-37(25(2)23-38)34(40)29-20-28(35-32(39)19-27-12-6-5-7-13-27)15-16-30(29)44-26(3)11-8-9-17-43-31(24)22-36(4)46(41,42)33-14-10-18-45-33/h5-7,10,12-16,18,20,24-26,31,38H,8-9,11,17,19,21-23H2,1-4H3,(H,35,39)/t24-,25-,26-,31-/m1/s1. The summed E-state index contributed by atoms with van der Waals surface area (Å²) in [7, 11) is -2.17. The van der Waals surface area contributed by atoms with E-state index in [2.05, 4.69) is 5.32 Å². The van der Waals surface area contributed by atoms with E-state index in [1.807, 2.05) is 44.2 Å². The zero-order valence-corrected chi connectivity index (χ0v) is 28.6. The van der Waals surface area contributed by atoms with Crippen LogP contribution in [0.25, 0.3) is 0 Å². The minimum Gasteiger partial charge on any atom is -0.490 e. The number of rotatable bonds is 9. The molecule has 0 saturated heterocycles. The van der Waals surface area contributed by atoms with Crippen LogP contribution in [0.3, 0.4) is 0 Å². The molecule has 1 aliphatic rings. The van der Waals surface area contributed by atoms with E-state index in [0.717, 1.165) is 36.2 Å². The molecule has 0 saturated carbocycles. The zero-order chi connectivity index (χ0) is 33.3. The Morgan fingerprint density at radius 3 is 2.59 bits per heavy atom. The maximum atomic E-state index is 14.3. The molecule has 10 nitrogen and oxygen atoms in total. The lowest BCUT2D eigenvalue weighted by molar-refractivity contribution is -0.115. The fourth-order valence-electron chi connectivity index (χ4n) is 5.36. The zero-order valence-electron chi connectivity index (χ0n) is 26.9. The van der Waals surface area contributed by atoms with Crippen LogP contribution in [-0.4, -0.2) is 86.1 Å². The van der Waals surface area contributed by atoms with Crippen molar-refractivity contribution in [1.29, 1.82) is 0 Å². The van der Waals surface area contributed by atoms with Gasteiger partial charge in [0.1, 0.15) is 9.96 Å². The predicted octanol–water partition coefficient (Wildman–Crippen LogP) is 5.05. The van der Waals surface area contributed by atoms with Gasteiger partial charge in [-0.15, -0.1) is 11.3 Å². The molecule has 0 unspecified atom stereocenters. The van der Waals surface area contributed by atoms with E-state index >= 15 is 0 Å². The highest BCUT2D eigenvalue weighted by Crippen LogP contribution is 2.29. The van der Waals surface area contributed by atoms with Gasteiger partial charge in [-0.05, 0) is 68.3 Å². The smallest absolute Gasteiger partial charge is 0.258 e. The number of likely N-dealkylation sites (N-methyl/N-ethyl adjacent to an activating group) is 1. The fraction of sp³-hybridized carbons (Fsp3) is 0.471. The van der Waals surface area contributed by atoms with Gasteiger partial charge in [0.2, 0.25) is 5.91 Å². The number of amides is 2. The quantitative estimate of drug-likeness (QED) is 0.326. The summed E-state index contributed by atoms with van der Waals surface area (Å²) in [4.78, 5) is 28.7. The Bertz CT molecular complexity index is 1530. The Hall–Kier alpha value is -3.29. The van der Waals surface area contributed by atoms with Crippen molar-refractivity contribution in [2.24, 2.45) is 5.92 Å². The second-order valence-corrected chi connectivity index (χ2v) is 15.2. The number of hydrogen-bond donors (Lipinski definition) is 2. The molecule has 1 aromatic heterocycles. The number of carbonyl (C=O) groups excluding carboxylic acids is 2. The van der Waals surface area contributed by atoms with Gasteiger partial charge in [-0.2, -0.15) is 4.31 Å². The lowest BCUT2D eigenvalue weighted by Gasteiger charge is -2.35. The third-order valence-electron chi connectivity index (χ3n) is 8.14. The molecule has 0 radical (unpaired) electrons. The van der Waals surface area contributed by atoms with Crippen molar-refractivity contribution in [1.82, 2.24) is 9.21 Å². The van der Waals surface area contributed by atoms with Gasteiger partial charge in [0.15, 0.2) is 0 Å². The summed E-state index contributed by atoms with van der Waals surface area (Å²) in [5.74, 6) is -0.485. The molecule has 2 amide bonds. The first-order valence-corrected chi connectivity index (χ1v) is 18.0. The van der Waals surface area contributed by atoms with E-state index in [9.17, 15) is 23.1 Å². The number of sulfonamides is 1. The van der Waals surface area contributed by atoms with Crippen LogP contribution in [0.15, 0.2) is 70.3 Å². The van der Waals surface area contributed by atoms with Gasteiger partial charge in [-0.1, -0.05) is 43.3 Å². The van der Waals surface area contributed by atoms with Crippen molar-refractivity contribution in [3.63, 3.8) is 0 Å². The van der Waals surface area contributed by atoms with Crippen molar-refractivity contribution in [3.8, 4) is 5.75 Å². The van der Waals surface area contributed by atoms with Crippen LogP contribution in [0, 0.1) is 5.92 Å². The highest BCUT2D eigenvalue weighted by Gasteiger charge is 2.32. The lowest BCUT2D eigenvalue weighted by Crippen LogP contribution is -2.48. The van der Waals surface area contributed by atoms with Crippen molar-refractivity contribution in [3.05, 3.63) is 77.2 Å². The minimum atomic E-state index is -3.71. The maximum absolute atomic E-state index is 14.3. The molecule has 2 N–H and O–H groups in total. The van der Waals surface area contributed by atoms with Crippen LogP contribution >= 0.6 is 11.3 Å². The van der Waals surface area contributed by atoms with Crippen molar-refractivity contribution in [2.75, 3.05) is 38.7 Å². The predicted molar refractivity (Wildman–Crippen MR) is 180 cm³/mol. The summed E-state index contributed by atoms with van der Waals surface area (Å²) >= 11 is 1.16. The lowest BCUT2D eigenvalue weighted by atomic mass is 10.0. The summed E-state index contributed by atoms with van der Waals surface area (Å²) in [6, 6.07) is 17.2. The second-order valence-electron chi connectivity index (χ2n) is 11.9. The number of carbonyl (C=O) groups is 2. The Morgan fingerprint density at radius 1 is 1.13 bits per heavy atom. The number of aliphatic hydroxyl groups excluding tert-OH is 1. The number of benzene rings is 2. The third-order valence-corrected chi connectivity index (χ3v) is 11.3. The van der Waals surface area contributed by atoms with E-state index in [4.69, 9.17) is 9.47 Å². The van der Waals surface area contributed by atoms with E-state index in [1.54, 1.807) is 54.6 Å². The number of nitrogens with one attached hydrogen (secondary N) is 1. The molecule has 2 heterocycles. The van der Waals surface area contributed by atoms with Crippen LogP contribution < -0.4 is 10.1 Å². The molecule has 0 spiro atoms. The highest BCUT2D eigenvalue weighted by molar-refractivity contribution is 7.91. The number of aliphatic hydroxyl groups is 1. The minimum absolute atomic E-state index is 0.102. The fourth-order valence-corrected chi connectivity index (χ4v) is 7.75. The summed E-state index contributed by atoms with van der Waals surface area (Å²) in [5, 5.41) is 14.8. The van der Waals surface area contributed by atoms with Gasteiger partial charge in [-0.3, -0.25) is 9.59 Å². The third kappa shape index (κ3) is 9.38. The molecular weight excluding hydrogens is 627 g/mol. The summed E-state index contributed by atoms with van der Waals surface area (Å²) in [5.41, 5.74) is 1.59. The van der Waals surface area contributed by atoms with Crippen molar-refractivity contribution < 1.29 is 32.6 Å². The molecule has 1 aliphatic heterocycles.